The van der Waals surface area contributed by atoms with E-state index in [2.05, 4.69) is 0 Å². The minimum absolute atomic E-state index is 0. The molecule has 0 radical (unpaired) electrons. The third-order valence-corrected chi connectivity index (χ3v) is 4.87. The van der Waals surface area contributed by atoms with Crippen LogP contribution in [-0.2, 0) is 62.0 Å². The molecule has 4 nitrogen and oxygen atoms in total. The third-order valence-electron chi connectivity index (χ3n) is 2.81. The molecule has 2 unspecified atom stereocenters. The van der Waals surface area contributed by atoms with Gasteiger partial charge in [-0.25, -0.2) is 0 Å². The van der Waals surface area contributed by atoms with Gasteiger partial charge in [-0.05, 0) is 0 Å². The minimum atomic E-state index is -1.50. The zero-order valence-corrected chi connectivity index (χ0v) is 24.1. The van der Waals surface area contributed by atoms with Crippen molar-refractivity contribution in [2.45, 2.75) is 20.0 Å². The van der Waals surface area contributed by atoms with E-state index in [4.69, 9.17) is 129 Å². The fraction of sp³-hybridized carbons (Fsp3) is 0.800. The van der Waals surface area contributed by atoms with Crippen LogP contribution in [0.1, 0.15) is 0 Å². The fourth-order valence-electron chi connectivity index (χ4n) is 1.86. The average Bonchev–Trinajstić information content (AvgIpc) is 3.07. The number of alkyl halides is 6. The quantitative estimate of drug-likeness (QED) is 0.171. The SMILES string of the molecule is S=C([S-])N1CCOC1C(Cl)(Cl)Cl.S=C([S-])N1CCOC1C(Cl)(Cl)Cl.[Cd+2]. The number of hydrogen-bond donors (Lipinski definition) is 0. The first-order chi connectivity index (χ1) is 10.9. The van der Waals surface area contributed by atoms with E-state index >= 15 is 0 Å². The number of thiocarbonyl (C=S) groups is 2. The van der Waals surface area contributed by atoms with E-state index in [1.54, 1.807) is 9.80 Å². The van der Waals surface area contributed by atoms with E-state index in [1.807, 2.05) is 0 Å². The largest absolute Gasteiger partial charge is 2.00 e. The molecule has 15 heteroatoms. The summed E-state index contributed by atoms with van der Waals surface area (Å²) in [6, 6.07) is 0. The molecule has 2 rings (SSSR count). The Hall–Kier alpha value is 2.80. The number of halogens is 6. The topological polar surface area (TPSA) is 24.9 Å². The van der Waals surface area contributed by atoms with Gasteiger partial charge < -0.3 is 69.0 Å². The second-order valence-electron chi connectivity index (χ2n) is 4.45. The monoisotopic (exact) mass is 642 g/mol. The van der Waals surface area contributed by atoms with Crippen LogP contribution >= 0.6 is 94.0 Å². The first-order valence-corrected chi connectivity index (χ1v) is 10.1. The van der Waals surface area contributed by atoms with Gasteiger partial charge in [0, 0.05) is 13.1 Å². The van der Waals surface area contributed by atoms with Crippen molar-refractivity contribution in [2.24, 2.45) is 0 Å². The van der Waals surface area contributed by atoms with Gasteiger partial charge >= 0.3 is 27.3 Å². The fourth-order valence-corrected chi connectivity index (χ4v) is 3.69. The smallest absolute Gasteiger partial charge is 0.411 e. The molecule has 0 saturated carbocycles. The summed E-state index contributed by atoms with van der Waals surface area (Å²) in [5, 5.41) is 0. The summed E-state index contributed by atoms with van der Waals surface area (Å²) in [6.45, 7) is 2.13. The Morgan fingerprint density at radius 3 is 1.24 bits per heavy atom. The van der Waals surface area contributed by atoms with Gasteiger partial charge in [0.25, 0.3) is 0 Å². The maximum atomic E-state index is 5.64. The van der Waals surface area contributed by atoms with Crippen molar-refractivity contribution >= 4 is 128 Å². The summed E-state index contributed by atoms with van der Waals surface area (Å²) in [5.41, 5.74) is 0. The molecule has 140 valence electrons. The van der Waals surface area contributed by atoms with E-state index in [0.717, 1.165) is 0 Å². The molecule has 0 aromatic carbocycles. The summed E-state index contributed by atoms with van der Waals surface area (Å²) in [4.78, 5) is 3.16. The second kappa shape index (κ2) is 11.9. The van der Waals surface area contributed by atoms with Crippen LogP contribution in [0.15, 0.2) is 0 Å². The van der Waals surface area contributed by atoms with Gasteiger partial charge in [-0.3, -0.25) is 0 Å². The van der Waals surface area contributed by atoms with Gasteiger partial charge in [0.1, 0.15) is 0 Å². The van der Waals surface area contributed by atoms with Crippen molar-refractivity contribution in [1.29, 1.82) is 0 Å². The number of hydrogen-bond acceptors (Lipinski definition) is 6. The van der Waals surface area contributed by atoms with Crippen LogP contribution in [0.25, 0.3) is 0 Å². The molecule has 0 spiro atoms. The molecule has 2 aliphatic rings. The van der Waals surface area contributed by atoms with Crippen molar-refractivity contribution in [1.82, 2.24) is 9.80 Å². The summed E-state index contributed by atoms with van der Waals surface area (Å²) in [7, 11) is 0. The number of ether oxygens (including phenoxy) is 2. The standard InChI is InChI=1S/2C5H6Cl3NOS2.Cd/c2*6-5(7,8)3-9(4(11)12)1-2-10-3;/h2*3H,1-2H2,(H,11,12);/q;;+2/p-2. The van der Waals surface area contributed by atoms with Crippen molar-refractivity contribution in [3.05, 3.63) is 0 Å². The maximum Gasteiger partial charge on any atom is 2.00 e. The van der Waals surface area contributed by atoms with Crippen molar-refractivity contribution in [3.63, 3.8) is 0 Å². The molecule has 0 N–H and O–H groups in total. The maximum absolute atomic E-state index is 5.64. The molecule has 2 fully saturated rings. The molecule has 2 saturated heterocycles. The summed E-state index contributed by atoms with van der Waals surface area (Å²) < 4.78 is 7.87. The molecule has 0 aromatic heterocycles. The molecule has 2 atom stereocenters. The Balaban J connectivity index is 0.000000443. The molecule has 0 amide bonds. The van der Waals surface area contributed by atoms with Crippen LogP contribution in [-0.4, -0.2) is 64.8 Å². The van der Waals surface area contributed by atoms with Crippen LogP contribution < -0.4 is 0 Å². The molecular formula is C10H10CdCl6N2O2S4. The number of nitrogens with zero attached hydrogens (tertiary/aromatic N) is 2. The molecule has 2 heterocycles. The van der Waals surface area contributed by atoms with E-state index in [9.17, 15) is 0 Å². The Morgan fingerprint density at radius 2 is 1.08 bits per heavy atom. The third kappa shape index (κ3) is 9.00. The zero-order valence-electron chi connectivity index (χ0n) is 12.3. The first-order valence-electron chi connectivity index (χ1n) is 6.17. The first kappa shape index (κ1) is 27.8. The Kier molecular flexibility index (Phi) is 13.2. The van der Waals surface area contributed by atoms with Crippen LogP contribution in [0.2, 0.25) is 0 Å². The average molecular weight is 644 g/mol. The van der Waals surface area contributed by atoms with Gasteiger partial charge in [0.2, 0.25) is 7.59 Å². The Labute approximate surface area is 218 Å². The van der Waals surface area contributed by atoms with Gasteiger partial charge in [-0.1, -0.05) is 78.2 Å². The molecule has 2 aliphatic heterocycles. The molecular weight excluding hydrogens is 634 g/mol. The van der Waals surface area contributed by atoms with E-state index in [-0.39, 0.29) is 35.9 Å². The van der Waals surface area contributed by atoms with Gasteiger partial charge in [0.05, 0.1) is 13.2 Å². The van der Waals surface area contributed by atoms with Gasteiger partial charge in [-0.2, -0.15) is 0 Å². The summed E-state index contributed by atoms with van der Waals surface area (Å²) in [6.07, 6.45) is -1.29. The second-order valence-corrected chi connectivity index (χ2v) is 11.2. The predicted octanol–water partition coefficient (Wildman–Crippen LogP) is 3.69. The summed E-state index contributed by atoms with van der Waals surface area (Å²) in [5.74, 6) is 0. The Bertz CT molecular complexity index is 439. The van der Waals surface area contributed by atoms with E-state index in [0.29, 0.717) is 26.3 Å². The van der Waals surface area contributed by atoms with Crippen LogP contribution in [0.5, 0.6) is 0 Å². The predicted molar refractivity (Wildman–Crippen MR) is 113 cm³/mol. The Morgan fingerprint density at radius 1 is 0.800 bits per heavy atom. The molecule has 25 heavy (non-hydrogen) atoms. The zero-order chi connectivity index (χ0) is 18.7. The molecule has 0 aliphatic carbocycles. The molecule has 0 bridgehead atoms. The van der Waals surface area contributed by atoms with E-state index in [1.165, 1.54) is 0 Å². The minimum Gasteiger partial charge on any atom is -0.411 e. The number of rotatable bonds is 0. The summed E-state index contributed by atoms with van der Waals surface area (Å²) >= 11 is 53.0. The van der Waals surface area contributed by atoms with Gasteiger partial charge in [0.15, 0.2) is 12.5 Å². The van der Waals surface area contributed by atoms with Crippen molar-refractivity contribution < 1.29 is 36.8 Å². The molecule has 0 aromatic rings. The van der Waals surface area contributed by atoms with Crippen LogP contribution in [0.3, 0.4) is 0 Å². The van der Waals surface area contributed by atoms with Crippen molar-refractivity contribution in [2.75, 3.05) is 26.3 Å². The van der Waals surface area contributed by atoms with Gasteiger partial charge in [-0.15, -0.1) is 0 Å². The van der Waals surface area contributed by atoms with E-state index < -0.39 is 20.0 Å². The van der Waals surface area contributed by atoms with Crippen LogP contribution in [0, 0.1) is 0 Å². The van der Waals surface area contributed by atoms with Crippen LogP contribution in [0.4, 0.5) is 0 Å². The normalized spacial score (nSPS) is 23.6. The van der Waals surface area contributed by atoms with Crippen molar-refractivity contribution in [3.8, 4) is 0 Å².